The van der Waals surface area contributed by atoms with Gasteiger partial charge in [-0.1, -0.05) is 42.5 Å². The largest absolute Gasteiger partial charge is 0.299 e. The van der Waals surface area contributed by atoms with Gasteiger partial charge in [-0.3, -0.25) is 4.90 Å². The fourth-order valence-electron chi connectivity index (χ4n) is 2.56. The van der Waals surface area contributed by atoms with Crippen molar-refractivity contribution in [2.45, 2.75) is 12.8 Å². The Balaban J connectivity index is 2.10. The molecule has 16 heavy (non-hydrogen) atoms. The maximum atomic E-state index is 2.54. The molecule has 2 bridgehead atoms. The second-order valence-electron chi connectivity index (χ2n) is 4.56. The summed E-state index contributed by atoms with van der Waals surface area (Å²) in [4.78, 5) is 2.54. The van der Waals surface area contributed by atoms with Gasteiger partial charge in [0.2, 0.25) is 0 Å². The number of fused-ring (bicyclic) bond motifs is 4. The van der Waals surface area contributed by atoms with Crippen LogP contribution in [0.3, 0.4) is 0 Å². The van der Waals surface area contributed by atoms with Crippen LogP contribution in [0.5, 0.6) is 0 Å². The quantitative estimate of drug-likeness (QED) is 0.638. The van der Waals surface area contributed by atoms with E-state index in [-0.39, 0.29) is 0 Å². The molecule has 0 aromatic heterocycles. The highest BCUT2D eigenvalue weighted by Crippen LogP contribution is 2.24. The van der Waals surface area contributed by atoms with Crippen LogP contribution < -0.4 is 0 Å². The molecule has 1 aromatic carbocycles. The van der Waals surface area contributed by atoms with Gasteiger partial charge in [-0.2, -0.15) is 0 Å². The smallest absolute Gasteiger partial charge is 0.0172 e. The number of benzene rings is 1. The van der Waals surface area contributed by atoms with Gasteiger partial charge >= 0.3 is 0 Å². The van der Waals surface area contributed by atoms with Crippen LogP contribution in [0.25, 0.3) is 5.57 Å². The van der Waals surface area contributed by atoms with E-state index in [1.807, 2.05) is 0 Å². The molecule has 0 saturated carbocycles. The molecule has 0 saturated heterocycles. The molecule has 0 fully saturated rings. The lowest BCUT2D eigenvalue weighted by atomic mass is 9.94. The summed E-state index contributed by atoms with van der Waals surface area (Å²) in [7, 11) is 0. The Morgan fingerprint density at radius 1 is 1.06 bits per heavy atom. The molecule has 0 N–H and O–H groups in total. The number of hydrogen-bond acceptors (Lipinski definition) is 1. The lowest BCUT2D eigenvalue weighted by Gasteiger charge is -2.25. The lowest BCUT2D eigenvalue weighted by Crippen LogP contribution is -2.29. The first-order valence-electron chi connectivity index (χ1n) is 6.11. The molecule has 2 aliphatic rings. The van der Waals surface area contributed by atoms with E-state index < -0.39 is 0 Å². The van der Waals surface area contributed by atoms with Gasteiger partial charge in [0.15, 0.2) is 0 Å². The van der Waals surface area contributed by atoms with Crippen LogP contribution in [0.1, 0.15) is 17.5 Å². The predicted molar refractivity (Wildman–Crippen MR) is 68.3 cm³/mol. The topological polar surface area (TPSA) is 3.24 Å². The molecule has 1 unspecified atom stereocenters. The Hall–Kier alpha value is -1.34. The van der Waals surface area contributed by atoms with E-state index in [4.69, 9.17) is 0 Å². The first-order chi connectivity index (χ1) is 7.93. The van der Waals surface area contributed by atoms with Crippen molar-refractivity contribution in [2.75, 3.05) is 19.6 Å². The van der Waals surface area contributed by atoms with E-state index in [0.717, 1.165) is 6.54 Å². The molecule has 1 aromatic rings. The summed E-state index contributed by atoms with van der Waals surface area (Å²) in [5, 5.41) is 0. The molecule has 82 valence electrons. The Morgan fingerprint density at radius 2 is 2.00 bits per heavy atom. The van der Waals surface area contributed by atoms with Crippen molar-refractivity contribution in [1.29, 1.82) is 0 Å². The van der Waals surface area contributed by atoms with E-state index in [1.165, 1.54) is 42.6 Å². The van der Waals surface area contributed by atoms with Crippen LogP contribution in [0.15, 0.2) is 42.5 Å². The molecule has 0 amide bonds. The molecule has 1 atom stereocenters. The zero-order chi connectivity index (χ0) is 10.8. The van der Waals surface area contributed by atoms with Gasteiger partial charge < -0.3 is 0 Å². The Morgan fingerprint density at radius 3 is 3.00 bits per heavy atom. The van der Waals surface area contributed by atoms with Crippen molar-refractivity contribution in [2.24, 2.45) is 0 Å². The van der Waals surface area contributed by atoms with Gasteiger partial charge in [0.05, 0.1) is 0 Å². The molecular formula is C15H17N. The van der Waals surface area contributed by atoms with Gasteiger partial charge in [0.1, 0.15) is 0 Å². The summed E-state index contributed by atoms with van der Waals surface area (Å²) in [5.74, 6) is 0. The van der Waals surface area contributed by atoms with Crippen molar-refractivity contribution >= 4 is 5.57 Å². The fraction of sp³-hybridized carbons (Fsp3) is 0.333. The van der Waals surface area contributed by atoms with Gasteiger partial charge in [-0.15, -0.1) is 0 Å². The minimum atomic E-state index is 1.11. The number of nitrogens with zero attached hydrogens (tertiary/aromatic N) is 1. The van der Waals surface area contributed by atoms with E-state index >= 15 is 0 Å². The highest BCUT2D eigenvalue weighted by Gasteiger charge is 2.13. The predicted octanol–water partition coefficient (Wildman–Crippen LogP) is 2.89. The van der Waals surface area contributed by atoms with Crippen LogP contribution in [-0.4, -0.2) is 24.5 Å². The van der Waals surface area contributed by atoms with Gasteiger partial charge in [0, 0.05) is 19.6 Å². The summed E-state index contributed by atoms with van der Waals surface area (Å²) in [6, 6.07) is 8.81. The van der Waals surface area contributed by atoms with Crippen molar-refractivity contribution in [3.05, 3.63) is 53.6 Å². The third-order valence-electron chi connectivity index (χ3n) is 3.50. The van der Waals surface area contributed by atoms with E-state index in [2.05, 4.69) is 47.4 Å². The minimum Gasteiger partial charge on any atom is -0.299 e. The third kappa shape index (κ3) is 1.83. The SMILES string of the molecule is C1=C\C2=C\CN(CC/1)CCc1ccccc12. The monoisotopic (exact) mass is 211 g/mol. The van der Waals surface area contributed by atoms with Gasteiger partial charge in [-0.05, 0) is 29.5 Å². The second kappa shape index (κ2) is 4.26. The van der Waals surface area contributed by atoms with Crippen molar-refractivity contribution in [3.8, 4) is 0 Å². The average molecular weight is 211 g/mol. The van der Waals surface area contributed by atoms with E-state index in [1.54, 1.807) is 0 Å². The third-order valence-corrected chi connectivity index (χ3v) is 3.50. The molecule has 2 heterocycles. The minimum absolute atomic E-state index is 1.11. The molecule has 1 heteroatoms. The highest BCUT2D eigenvalue weighted by atomic mass is 15.1. The normalized spacial score (nSPS) is 29.0. The number of allylic oxidation sites excluding steroid dienone is 2. The molecule has 0 aliphatic carbocycles. The van der Waals surface area contributed by atoms with E-state index in [0.29, 0.717) is 0 Å². The molecule has 0 radical (unpaired) electrons. The van der Waals surface area contributed by atoms with Crippen LogP contribution >= 0.6 is 0 Å². The Bertz CT molecular complexity index is 443. The van der Waals surface area contributed by atoms with Crippen LogP contribution in [0, 0.1) is 0 Å². The van der Waals surface area contributed by atoms with Crippen LogP contribution in [-0.2, 0) is 6.42 Å². The molecular weight excluding hydrogens is 194 g/mol. The maximum Gasteiger partial charge on any atom is 0.0172 e. The molecule has 0 spiro atoms. The number of rotatable bonds is 0. The fourth-order valence-corrected chi connectivity index (χ4v) is 2.56. The van der Waals surface area contributed by atoms with Crippen LogP contribution in [0.4, 0.5) is 0 Å². The Kier molecular flexibility index (Phi) is 2.63. The van der Waals surface area contributed by atoms with Crippen molar-refractivity contribution < 1.29 is 0 Å². The lowest BCUT2D eigenvalue weighted by molar-refractivity contribution is 0.310. The standard InChI is InChI=1S/C15H17N/c1-2-7-15-13(5-1)8-11-16-10-4-3-6-14(15)9-12-16/h1-3,5-7,9H,4,8,10-12H2/b6-3-,14-9-. The first-order valence-corrected chi connectivity index (χ1v) is 6.11. The first kappa shape index (κ1) is 9.86. The zero-order valence-corrected chi connectivity index (χ0v) is 9.52. The number of hydrogen-bond donors (Lipinski definition) is 0. The summed E-state index contributed by atoms with van der Waals surface area (Å²) in [6.45, 7) is 3.49. The molecule has 2 aliphatic heterocycles. The van der Waals surface area contributed by atoms with E-state index in [9.17, 15) is 0 Å². The highest BCUT2D eigenvalue weighted by molar-refractivity contribution is 5.76. The molecule has 1 nitrogen and oxygen atoms in total. The second-order valence-corrected chi connectivity index (χ2v) is 4.56. The summed E-state index contributed by atoms with van der Waals surface area (Å²) < 4.78 is 0. The average Bonchev–Trinajstić information content (AvgIpc) is 2.28. The zero-order valence-electron chi connectivity index (χ0n) is 9.52. The molecule has 3 rings (SSSR count). The maximum absolute atomic E-state index is 2.54. The van der Waals surface area contributed by atoms with Crippen molar-refractivity contribution in [1.82, 2.24) is 4.90 Å². The van der Waals surface area contributed by atoms with Crippen molar-refractivity contribution in [3.63, 3.8) is 0 Å². The van der Waals surface area contributed by atoms with Crippen LogP contribution in [0.2, 0.25) is 0 Å². The van der Waals surface area contributed by atoms with Gasteiger partial charge in [-0.25, -0.2) is 0 Å². The Labute approximate surface area is 97.1 Å². The summed E-state index contributed by atoms with van der Waals surface area (Å²) >= 11 is 0. The summed E-state index contributed by atoms with van der Waals surface area (Å²) in [5.41, 5.74) is 4.32. The van der Waals surface area contributed by atoms with Gasteiger partial charge in [0.25, 0.3) is 0 Å². The summed E-state index contributed by atoms with van der Waals surface area (Å²) in [6.07, 6.45) is 9.33.